The highest BCUT2D eigenvalue weighted by Crippen LogP contribution is 2.38. The topological polar surface area (TPSA) is 67.9 Å². The number of hydrogen-bond acceptors (Lipinski definition) is 5. The quantitative estimate of drug-likeness (QED) is 0.628. The highest BCUT2D eigenvalue weighted by Gasteiger charge is 2.42. The lowest BCUT2D eigenvalue weighted by Gasteiger charge is -2.39. The zero-order valence-corrected chi connectivity index (χ0v) is 19.7. The second-order valence-electron chi connectivity index (χ2n) is 10.1. The van der Waals surface area contributed by atoms with E-state index in [1.165, 1.54) is 5.56 Å². The molecule has 2 aliphatic rings. The Morgan fingerprint density at radius 2 is 1.55 bits per heavy atom. The molecule has 0 radical (unpaired) electrons. The summed E-state index contributed by atoms with van der Waals surface area (Å²) in [5, 5.41) is 2.71. The fourth-order valence-corrected chi connectivity index (χ4v) is 4.95. The van der Waals surface area contributed by atoms with Gasteiger partial charge in [-0.1, -0.05) is 60.7 Å². The lowest BCUT2D eigenvalue weighted by molar-refractivity contribution is -0.155. The van der Waals surface area contributed by atoms with Gasteiger partial charge in [-0.25, -0.2) is 9.59 Å². The Morgan fingerprint density at radius 3 is 2.12 bits per heavy atom. The number of esters is 1. The monoisotopic (exact) mass is 450 g/mol. The van der Waals surface area contributed by atoms with Crippen molar-refractivity contribution in [1.82, 2.24) is 10.2 Å². The number of rotatable bonds is 6. The molecule has 1 amide bonds. The maximum atomic E-state index is 13.2. The normalized spacial score (nSPS) is 23.5. The van der Waals surface area contributed by atoms with Gasteiger partial charge in [0.2, 0.25) is 0 Å². The van der Waals surface area contributed by atoms with E-state index in [2.05, 4.69) is 34.5 Å². The van der Waals surface area contributed by atoms with Crippen LogP contribution in [-0.2, 0) is 20.8 Å². The summed E-state index contributed by atoms with van der Waals surface area (Å²) in [6.07, 6.45) is 3.12. The smallest absolute Gasteiger partial charge is 0.408 e. The predicted molar refractivity (Wildman–Crippen MR) is 126 cm³/mol. The fraction of sp³-hybridized carbons (Fsp3) is 0.481. The van der Waals surface area contributed by atoms with Gasteiger partial charge in [0.1, 0.15) is 11.7 Å². The van der Waals surface area contributed by atoms with Crippen LogP contribution in [0.5, 0.6) is 0 Å². The van der Waals surface area contributed by atoms with Crippen LogP contribution >= 0.6 is 0 Å². The van der Waals surface area contributed by atoms with E-state index in [9.17, 15) is 9.59 Å². The third-order valence-electron chi connectivity index (χ3n) is 6.36. The van der Waals surface area contributed by atoms with Crippen LogP contribution in [0.15, 0.2) is 60.7 Å². The summed E-state index contributed by atoms with van der Waals surface area (Å²) in [5.74, 6) is -0.437. The first-order chi connectivity index (χ1) is 15.8. The van der Waals surface area contributed by atoms with Crippen LogP contribution in [0.3, 0.4) is 0 Å². The number of fused-ring (bicyclic) bond motifs is 2. The molecular weight excluding hydrogens is 416 g/mol. The van der Waals surface area contributed by atoms with Crippen LogP contribution in [0, 0.1) is 0 Å². The van der Waals surface area contributed by atoms with Gasteiger partial charge in [-0.15, -0.1) is 0 Å². The number of alkyl carbamates (subject to hydrolysis) is 1. The van der Waals surface area contributed by atoms with Crippen molar-refractivity contribution in [2.75, 3.05) is 0 Å². The molecule has 6 nitrogen and oxygen atoms in total. The van der Waals surface area contributed by atoms with Crippen molar-refractivity contribution in [2.45, 2.75) is 82.8 Å². The van der Waals surface area contributed by atoms with Crippen molar-refractivity contribution in [2.24, 2.45) is 0 Å². The van der Waals surface area contributed by atoms with Crippen LogP contribution in [0.25, 0.3) is 0 Å². The number of nitrogens with one attached hydrogen (secondary N) is 1. The van der Waals surface area contributed by atoms with Gasteiger partial charge in [-0.2, -0.15) is 0 Å². The highest BCUT2D eigenvalue weighted by molar-refractivity contribution is 5.83. The number of carbonyl (C=O) groups excluding carboxylic acids is 2. The summed E-state index contributed by atoms with van der Waals surface area (Å²) in [5.41, 5.74) is 1.34. The van der Waals surface area contributed by atoms with Crippen LogP contribution in [0.2, 0.25) is 0 Å². The third kappa shape index (κ3) is 6.14. The Labute approximate surface area is 196 Å². The van der Waals surface area contributed by atoms with Gasteiger partial charge in [0.25, 0.3) is 0 Å². The summed E-state index contributed by atoms with van der Waals surface area (Å²) >= 11 is 0. The Morgan fingerprint density at radius 1 is 0.970 bits per heavy atom. The Balaban J connectivity index is 1.40. The molecule has 4 rings (SSSR count). The second kappa shape index (κ2) is 9.96. The molecule has 2 aliphatic heterocycles. The number of nitrogens with zero attached hydrogens (tertiary/aromatic N) is 1. The minimum atomic E-state index is -0.902. The molecule has 1 N–H and O–H groups in total. The van der Waals surface area contributed by atoms with E-state index < -0.39 is 23.7 Å². The van der Waals surface area contributed by atoms with Gasteiger partial charge < -0.3 is 14.8 Å². The first-order valence-corrected chi connectivity index (χ1v) is 11.8. The average molecular weight is 451 g/mol. The van der Waals surface area contributed by atoms with E-state index in [4.69, 9.17) is 9.47 Å². The van der Waals surface area contributed by atoms with E-state index in [1.807, 2.05) is 36.4 Å². The Bertz CT molecular complexity index is 928. The molecule has 3 atom stereocenters. The largest absolute Gasteiger partial charge is 0.460 e. The molecule has 2 saturated heterocycles. The minimum absolute atomic E-state index is 0.145. The van der Waals surface area contributed by atoms with E-state index in [-0.39, 0.29) is 6.10 Å². The summed E-state index contributed by atoms with van der Waals surface area (Å²) < 4.78 is 11.4. The SMILES string of the molecule is CC(C)(C)OC(=O)NC(C(=O)OC1CC2CCC(C1)N2Cc1ccccc1)c1ccccc1. The molecule has 6 heteroatoms. The predicted octanol–water partition coefficient (Wildman–Crippen LogP) is 4.99. The summed E-state index contributed by atoms with van der Waals surface area (Å²) in [6.45, 7) is 6.31. The molecular formula is C27H34N2O4. The molecule has 3 unspecified atom stereocenters. The van der Waals surface area contributed by atoms with Crippen LogP contribution < -0.4 is 5.32 Å². The molecule has 176 valence electrons. The summed E-state index contributed by atoms with van der Waals surface area (Å²) in [4.78, 5) is 28.2. The first kappa shape index (κ1) is 23.3. The zero-order valence-electron chi connectivity index (χ0n) is 19.7. The van der Waals surface area contributed by atoms with E-state index in [1.54, 1.807) is 20.8 Å². The van der Waals surface area contributed by atoms with Crippen LogP contribution in [0.4, 0.5) is 4.79 Å². The van der Waals surface area contributed by atoms with E-state index in [0.29, 0.717) is 17.6 Å². The van der Waals surface area contributed by atoms with Crippen molar-refractivity contribution in [3.63, 3.8) is 0 Å². The Hall–Kier alpha value is -2.86. The van der Waals surface area contributed by atoms with Crippen molar-refractivity contribution in [3.05, 3.63) is 71.8 Å². The number of carbonyl (C=O) groups is 2. The number of ether oxygens (including phenoxy) is 2. The molecule has 0 aromatic heterocycles. The minimum Gasteiger partial charge on any atom is -0.460 e. The average Bonchev–Trinajstić information content (AvgIpc) is 3.00. The fourth-order valence-electron chi connectivity index (χ4n) is 4.95. The summed E-state index contributed by atoms with van der Waals surface area (Å²) in [7, 11) is 0. The summed E-state index contributed by atoms with van der Waals surface area (Å²) in [6, 6.07) is 19.6. The number of benzene rings is 2. The zero-order chi connectivity index (χ0) is 23.4. The molecule has 0 saturated carbocycles. The molecule has 2 bridgehead atoms. The Kier molecular flexibility index (Phi) is 7.03. The first-order valence-electron chi connectivity index (χ1n) is 11.8. The highest BCUT2D eigenvalue weighted by atomic mass is 16.6. The number of piperidine rings is 1. The van der Waals surface area contributed by atoms with Crippen LogP contribution in [-0.4, -0.2) is 40.8 Å². The van der Waals surface area contributed by atoms with Crippen molar-refractivity contribution < 1.29 is 19.1 Å². The van der Waals surface area contributed by atoms with Gasteiger partial charge >= 0.3 is 12.1 Å². The molecule has 2 heterocycles. The maximum Gasteiger partial charge on any atom is 0.408 e. The van der Waals surface area contributed by atoms with Crippen molar-refractivity contribution in [3.8, 4) is 0 Å². The second-order valence-corrected chi connectivity index (χ2v) is 10.1. The lowest BCUT2D eigenvalue weighted by Crippen LogP contribution is -2.46. The van der Waals surface area contributed by atoms with Gasteiger partial charge in [0.15, 0.2) is 6.04 Å². The molecule has 2 aromatic carbocycles. The number of hydrogen-bond donors (Lipinski definition) is 1. The van der Waals surface area contributed by atoms with Crippen molar-refractivity contribution in [1.29, 1.82) is 0 Å². The molecule has 33 heavy (non-hydrogen) atoms. The van der Waals surface area contributed by atoms with Crippen LogP contribution in [0.1, 0.15) is 63.6 Å². The lowest BCUT2D eigenvalue weighted by atomic mass is 9.98. The molecule has 0 spiro atoms. The molecule has 2 fully saturated rings. The van der Waals surface area contributed by atoms with Gasteiger partial charge in [-0.05, 0) is 44.7 Å². The van der Waals surface area contributed by atoms with Crippen molar-refractivity contribution >= 4 is 12.1 Å². The number of amides is 1. The standard InChI is InChI=1S/C27H34N2O4/c1-27(2,3)33-26(31)28-24(20-12-8-5-9-13-20)25(30)32-23-16-21-14-15-22(17-23)29(21)18-19-10-6-4-7-11-19/h4-13,21-24H,14-18H2,1-3H3,(H,28,31). The molecule has 2 aromatic rings. The maximum absolute atomic E-state index is 13.2. The molecule has 0 aliphatic carbocycles. The van der Waals surface area contributed by atoms with Gasteiger partial charge in [0, 0.05) is 31.5 Å². The van der Waals surface area contributed by atoms with Gasteiger partial charge in [0.05, 0.1) is 0 Å². The van der Waals surface area contributed by atoms with E-state index >= 15 is 0 Å². The van der Waals surface area contributed by atoms with E-state index in [0.717, 1.165) is 32.2 Å². The van der Waals surface area contributed by atoms with Gasteiger partial charge in [-0.3, -0.25) is 4.90 Å². The third-order valence-corrected chi connectivity index (χ3v) is 6.36.